The van der Waals surface area contributed by atoms with E-state index in [4.69, 9.17) is 16.3 Å². The molecule has 2 N–H and O–H groups in total. The van der Waals surface area contributed by atoms with Gasteiger partial charge >= 0.3 is 0 Å². The Labute approximate surface area is 150 Å². The fourth-order valence-corrected chi connectivity index (χ4v) is 2.61. The molecule has 0 aliphatic carbocycles. The number of rotatable bonds is 5. The quantitative estimate of drug-likeness (QED) is 0.684. The smallest absolute Gasteiger partial charge is 0.239 e. The summed E-state index contributed by atoms with van der Waals surface area (Å²) >= 11 is 5.64. The molecule has 1 heterocycles. The number of hydrogen-bond donors (Lipinski definition) is 2. The highest BCUT2D eigenvalue weighted by Gasteiger charge is 2.11. The van der Waals surface area contributed by atoms with E-state index in [1.807, 2.05) is 36.4 Å². The summed E-state index contributed by atoms with van der Waals surface area (Å²) in [6.07, 6.45) is 1.68. The largest absolute Gasteiger partial charge is 0.497 e. The number of methoxy groups -OCH3 is 1. The topological polar surface area (TPSA) is 76.1 Å². The summed E-state index contributed by atoms with van der Waals surface area (Å²) in [4.78, 5) is 20.4. The summed E-state index contributed by atoms with van der Waals surface area (Å²) in [5.74, 6) is 0.842. The van der Waals surface area contributed by atoms with Gasteiger partial charge in [-0.25, -0.2) is 9.97 Å². The SMILES string of the molecule is CNc1nccc(-c2cc(NC(=O)CCl)c3cc(OC)ccc3c2)n1. The van der Waals surface area contributed by atoms with Crippen LogP contribution in [0.3, 0.4) is 0 Å². The molecule has 25 heavy (non-hydrogen) atoms. The summed E-state index contributed by atoms with van der Waals surface area (Å²) in [6.45, 7) is 0. The summed E-state index contributed by atoms with van der Waals surface area (Å²) < 4.78 is 5.29. The lowest BCUT2D eigenvalue weighted by molar-refractivity contribution is -0.113. The van der Waals surface area contributed by atoms with E-state index in [9.17, 15) is 4.79 Å². The predicted molar refractivity (Wildman–Crippen MR) is 100 cm³/mol. The van der Waals surface area contributed by atoms with Gasteiger partial charge in [-0.1, -0.05) is 6.07 Å². The Bertz CT molecular complexity index is 930. The molecule has 3 rings (SSSR count). The Balaban J connectivity index is 2.18. The van der Waals surface area contributed by atoms with E-state index < -0.39 is 0 Å². The lowest BCUT2D eigenvalue weighted by atomic mass is 10.0. The minimum atomic E-state index is -0.276. The number of nitrogens with one attached hydrogen (secondary N) is 2. The number of nitrogens with zero attached hydrogens (tertiary/aromatic N) is 2. The normalized spacial score (nSPS) is 10.5. The zero-order valence-electron chi connectivity index (χ0n) is 13.8. The van der Waals surface area contributed by atoms with E-state index in [1.54, 1.807) is 20.4 Å². The Morgan fingerprint density at radius 2 is 2.08 bits per heavy atom. The monoisotopic (exact) mass is 356 g/mol. The predicted octanol–water partition coefficient (Wildman–Crippen LogP) is 3.52. The third kappa shape index (κ3) is 3.64. The van der Waals surface area contributed by atoms with Crippen LogP contribution >= 0.6 is 11.6 Å². The molecular formula is C18H17ClN4O2. The van der Waals surface area contributed by atoms with Gasteiger partial charge in [0.15, 0.2) is 0 Å². The molecule has 0 atom stereocenters. The second-order valence-electron chi connectivity index (χ2n) is 5.31. The number of halogens is 1. The van der Waals surface area contributed by atoms with Crippen molar-refractivity contribution in [3.8, 4) is 17.0 Å². The van der Waals surface area contributed by atoms with Gasteiger partial charge in [0.05, 0.1) is 12.8 Å². The van der Waals surface area contributed by atoms with Crippen molar-refractivity contribution in [2.45, 2.75) is 0 Å². The Morgan fingerprint density at radius 1 is 1.24 bits per heavy atom. The molecule has 6 nitrogen and oxygen atoms in total. The number of carbonyl (C=O) groups is 1. The molecule has 0 saturated heterocycles. The number of alkyl halides is 1. The Morgan fingerprint density at radius 3 is 2.80 bits per heavy atom. The van der Waals surface area contributed by atoms with Crippen LogP contribution in [0.1, 0.15) is 0 Å². The molecule has 0 aliphatic rings. The minimum Gasteiger partial charge on any atom is -0.497 e. The van der Waals surface area contributed by atoms with Crippen LogP contribution in [0.4, 0.5) is 11.6 Å². The van der Waals surface area contributed by atoms with Crippen LogP contribution in [0.15, 0.2) is 42.6 Å². The van der Waals surface area contributed by atoms with Crippen molar-refractivity contribution >= 4 is 39.9 Å². The molecule has 0 saturated carbocycles. The second-order valence-corrected chi connectivity index (χ2v) is 5.58. The van der Waals surface area contributed by atoms with Crippen molar-refractivity contribution in [2.75, 3.05) is 30.7 Å². The molecule has 128 valence electrons. The van der Waals surface area contributed by atoms with Crippen LogP contribution in [0, 0.1) is 0 Å². The first-order valence-electron chi connectivity index (χ1n) is 7.63. The molecule has 1 aromatic heterocycles. The zero-order valence-corrected chi connectivity index (χ0v) is 14.6. The van der Waals surface area contributed by atoms with Gasteiger partial charge in [-0.3, -0.25) is 4.79 Å². The van der Waals surface area contributed by atoms with Crippen LogP contribution in [-0.2, 0) is 4.79 Å². The van der Waals surface area contributed by atoms with E-state index in [2.05, 4.69) is 20.6 Å². The van der Waals surface area contributed by atoms with Crippen molar-refractivity contribution in [1.82, 2.24) is 9.97 Å². The van der Waals surface area contributed by atoms with Gasteiger partial charge in [0.1, 0.15) is 11.6 Å². The first-order chi connectivity index (χ1) is 12.1. The molecule has 1 amide bonds. The van der Waals surface area contributed by atoms with Crippen LogP contribution in [0.5, 0.6) is 5.75 Å². The summed E-state index contributed by atoms with van der Waals surface area (Å²) in [6, 6.07) is 11.4. The lowest BCUT2D eigenvalue weighted by Gasteiger charge is -2.12. The van der Waals surface area contributed by atoms with Gasteiger partial charge < -0.3 is 15.4 Å². The fraction of sp³-hybridized carbons (Fsp3) is 0.167. The van der Waals surface area contributed by atoms with Gasteiger partial charge in [-0.15, -0.1) is 11.6 Å². The summed E-state index contributed by atoms with van der Waals surface area (Å²) in [5, 5.41) is 7.58. The third-order valence-corrected chi connectivity index (χ3v) is 3.97. The van der Waals surface area contributed by atoms with E-state index in [0.717, 1.165) is 22.0 Å². The molecule has 0 unspecified atom stereocenters. The number of anilines is 2. The van der Waals surface area contributed by atoms with Gasteiger partial charge in [0.25, 0.3) is 0 Å². The molecule has 0 aliphatic heterocycles. The fourth-order valence-electron chi connectivity index (χ4n) is 2.54. The number of fused-ring (bicyclic) bond motifs is 1. The molecule has 3 aromatic rings. The maximum Gasteiger partial charge on any atom is 0.239 e. The van der Waals surface area contributed by atoms with Gasteiger partial charge in [-0.05, 0) is 35.7 Å². The zero-order chi connectivity index (χ0) is 17.8. The second kappa shape index (κ2) is 7.36. The van der Waals surface area contributed by atoms with Crippen LogP contribution in [0.2, 0.25) is 0 Å². The average molecular weight is 357 g/mol. The number of hydrogen-bond acceptors (Lipinski definition) is 5. The molecule has 7 heteroatoms. The highest BCUT2D eigenvalue weighted by atomic mass is 35.5. The molecule has 0 fully saturated rings. The first kappa shape index (κ1) is 17.0. The average Bonchev–Trinajstić information content (AvgIpc) is 2.67. The van der Waals surface area contributed by atoms with Crippen LogP contribution in [-0.4, -0.2) is 35.9 Å². The standard InChI is InChI=1S/C18H17ClN4O2/c1-20-18-21-6-5-15(23-18)12-7-11-3-4-13(25-2)9-14(11)16(8-12)22-17(24)10-19/h3-9H,10H2,1-2H3,(H,22,24)(H,20,21,23). The third-order valence-electron chi connectivity index (χ3n) is 3.73. The van der Waals surface area contributed by atoms with E-state index in [1.165, 1.54) is 0 Å². The van der Waals surface area contributed by atoms with Crippen molar-refractivity contribution in [3.05, 3.63) is 42.6 Å². The number of carbonyl (C=O) groups excluding carboxylic acids is 1. The van der Waals surface area contributed by atoms with E-state index >= 15 is 0 Å². The molecule has 0 radical (unpaired) electrons. The minimum absolute atomic E-state index is 0.118. The lowest BCUT2D eigenvalue weighted by Crippen LogP contribution is -2.13. The van der Waals surface area contributed by atoms with Crippen molar-refractivity contribution < 1.29 is 9.53 Å². The van der Waals surface area contributed by atoms with Gasteiger partial charge in [0.2, 0.25) is 11.9 Å². The molecule has 0 bridgehead atoms. The van der Waals surface area contributed by atoms with Gasteiger partial charge in [0, 0.05) is 29.9 Å². The van der Waals surface area contributed by atoms with Gasteiger partial charge in [-0.2, -0.15) is 0 Å². The molecular weight excluding hydrogens is 340 g/mol. The van der Waals surface area contributed by atoms with Crippen molar-refractivity contribution in [1.29, 1.82) is 0 Å². The van der Waals surface area contributed by atoms with Crippen LogP contribution < -0.4 is 15.4 Å². The highest BCUT2D eigenvalue weighted by molar-refractivity contribution is 6.29. The maximum atomic E-state index is 11.8. The van der Waals surface area contributed by atoms with E-state index in [0.29, 0.717) is 17.4 Å². The first-order valence-corrected chi connectivity index (χ1v) is 8.17. The Kier molecular flexibility index (Phi) is 5.00. The number of aromatic nitrogens is 2. The number of ether oxygens (including phenoxy) is 1. The summed E-state index contributed by atoms with van der Waals surface area (Å²) in [5.41, 5.74) is 2.27. The van der Waals surface area contributed by atoms with Crippen molar-refractivity contribution in [3.63, 3.8) is 0 Å². The Hall–Kier alpha value is -2.86. The van der Waals surface area contributed by atoms with Crippen LogP contribution in [0.25, 0.3) is 22.0 Å². The summed E-state index contributed by atoms with van der Waals surface area (Å²) in [7, 11) is 3.37. The maximum absolute atomic E-state index is 11.8. The molecule has 0 spiro atoms. The molecule has 2 aromatic carbocycles. The van der Waals surface area contributed by atoms with E-state index in [-0.39, 0.29) is 11.8 Å². The number of amides is 1. The number of benzene rings is 2. The van der Waals surface area contributed by atoms with Crippen molar-refractivity contribution in [2.24, 2.45) is 0 Å². The highest BCUT2D eigenvalue weighted by Crippen LogP contribution is 2.33.